The molecule has 178 valence electrons. The van der Waals surface area contributed by atoms with E-state index in [9.17, 15) is 31.2 Å². The molecule has 0 spiro atoms. The number of halogens is 3. The number of aryl methyl sites for hydroxylation is 1. The van der Waals surface area contributed by atoms with Gasteiger partial charge in [-0.15, -0.1) is 13.2 Å². The van der Waals surface area contributed by atoms with E-state index in [1.165, 1.54) is 45.2 Å². The number of hydrogen-bond acceptors (Lipinski definition) is 6. The van der Waals surface area contributed by atoms with Crippen LogP contribution in [0.2, 0.25) is 0 Å². The number of anilines is 2. The molecule has 0 saturated heterocycles. The van der Waals surface area contributed by atoms with Crippen LogP contribution in [0, 0.1) is 6.92 Å². The molecule has 0 fully saturated rings. The molecule has 2 N–H and O–H groups in total. The summed E-state index contributed by atoms with van der Waals surface area (Å²) in [5.41, 5.74) is 0.830. The number of carbonyl (C=O) groups excluding carboxylic acids is 2. The Balaban J connectivity index is 1.70. The number of carbonyl (C=O) groups is 2. The summed E-state index contributed by atoms with van der Waals surface area (Å²) in [5, 5.41) is 5.03. The normalized spacial score (nSPS) is 16.0. The van der Waals surface area contributed by atoms with Crippen molar-refractivity contribution in [3.05, 3.63) is 42.0 Å². The minimum absolute atomic E-state index is 0.103. The van der Waals surface area contributed by atoms with Crippen LogP contribution < -0.4 is 20.1 Å². The zero-order chi connectivity index (χ0) is 24.6. The number of sulfonamides is 1. The van der Waals surface area contributed by atoms with Gasteiger partial charge in [0.15, 0.2) is 6.10 Å². The summed E-state index contributed by atoms with van der Waals surface area (Å²) in [7, 11) is -2.91. The van der Waals surface area contributed by atoms with E-state index in [0.29, 0.717) is 11.3 Å². The van der Waals surface area contributed by atoms with Crippen molar-refractivity contribution in [2.45, 2.75) is 31.2 Å². The second-order valence-corrected chi connectivity index (χ2v) is 9.26. The average Bonchev–Trinajstić information content (AvgIpc) is 2.69. The van der Waals surface area contributed by atoms with Crippen LogP contribution in [0.15, 0.2) is 41.3 Å². The third-order valence-electron chi connectivity index (χ3n) is 4.63. The van der Waals surface area contributed by atoms with Crippen LogP contribution in [0.25, 0.3) is 0 Å². The Labute approximate surface area is 187 Å². The smallest absolute Gasteiger partial charge is 0.479 e. The highest BCUT2D eigenvalue weighted by molar-refractivity contribution is 7.89. The van der Waals surface area contributed by atoms with E-state index in [2.05, 4.69) is 15.4 Å². The van der Waals surface area contributed by atoms with E-state index in [0.717, 1.165) is 16.4 Å². The number of nitrogens with one attached hydrogen (secondary N) is 2. The van der Waals surface area contributed by atoms with Crippen LogP contribution in [-0.4, -0.2) is 50.6 Å². The Bertz CT molecular complexity index is 1180. The first-order valence-corrected chi connectivity index (χ1v) is 10.9. The van der Waals surface area contributed by atoms with Crippen molar-refractivity contribution in [2.24, 2.45) is 0 Å². The molecule has 0 aromatic heterocycles. The monoisotopic (exact) mass is 487 g/mol. The third-order valence-corrected chi connectivity index (χ3v) is 6.58. The van der Waals surface area contributed by atoms with Gasteiger partial charge < -0.3 is 20.1 Å². The van der Waals surface area contributed by atoms with Crippen LogP contribution in [0.3, 0.4) is 0 Å². The van der Waals surface area contributed by atoms with Gasteiger partial charge in [0.2, 0.25) is 15.9 Å². The highest BCUT2D eigenvalue weighted by Gasteiger charge is 2.31. The number of nitrogens with zero attached hydrogens (tertiary/aromatic N) is 1. The summed E-state index contributed by atoms with van der Waals surface area (Å²) in [5.74, 6) is -1.34. The molecule has 13 heteroatoms. The maximum absolute atomic E-state index is 13.0. The van der Waals surface area contributed by atoms with Crippen molar-refractivity contribution in [1.82, 2.24) is 4.31 Å². The molecule has 1 heterocycles. The molecule has 2 amide bonds. The van der Waals surface area contributed by atoms with E-state index in [-0.39, 0.29) is 22.2 Å². The number of likely N-dealkylation sites (N-methyl/N-ethyl adjacent to an activating group) is 1. The lowest BCUT2D eigenvalue weighted by atomic mass is 10.1. The molecule has 2 aromatic carbocycles. The predicted molar refractivity (Wildman–Crippen MR) is 111 cm³/mol. The minimum Gasteiger partial charge on any atom is -0.479 e. The predicted octanol–water partition coefficient (Wildman–Crippen LogP) is 2.87. The zero-order valence-electron chi connectivity index (χ0n) is 17.7. The number of fused-ring (bicyclic) bond motifs is 1. The molecular weight excluding hydrogens is 467 g/mol. The van der Waals surface area contributed by atoms with Crippen LogP contribution >= 0.6 is 0 Å². The van der Waals surface area contributed by atoms with Crippen molar-refractivity contribution < 1.29 is 40.7 Å². The van der Waals surface area contributed by atoms with E-state index in [4.69, 9.17) is 4.74 Å². The van der Waals surface area contributed by atoms with Gasteiger partial charge in [0.25, 0.3) is 5.91 Å². The van der Waals surface area contributed by atoms with Gasteiger partial charge in [-0.2, -0.15) is 4.31 Å². The summed E-state index contributed by atoms with van der Waals surface area (Å²) in [6.45, 7) is 2.49. The van der Waals surface area contributed by atoms with Gasteiger partial charge in [-0.25, -0.2) is 8.42 Å². The Kier molecular flexibility index (Phi) is 6.56. The molecule has 1 unspecified atom stereocenters. The molecule has 2 aromatic rings. The molecule has 0 saturated carbocycles. The van der Waals surface area contributed by atoms with Gasteiger partial charge in [0.05, 0.1) is 17.1 Å². The molecule has 0 aliphatic carbocycles. The zero-order valence-corrected chi connectivity index (χ0v) is 18.5. The van der Waals surface area contributed by atoms with Crippen LogP contribution in [0.5, 0.6) is 11.5 Å². The summed E-state index contributed by atoms with van der Waals surface area (Å²) >= 11 is 0. The van der Waals surface area contributed by atoms with Crippen molar-refractivity contribution in [3.63, 3.8) is 0 Å². The minimum atomic E-state index is -4.84. The Morgan fingerprint density at radius 1 is 1.24 bits per heavy atom. The van der Waals surface area contributed by atoms with Gasteiger partial charge in [0, 0.05) is 18.8 Å². The number of benzene rings is 2. The number of hydrogen-bond donors (Lipinski definition) is 2. The molecule has 3 rings (SSSR count). The SMILES string of the molecule is Cc1cc2c(cc1S(=O)(=O)N(C)CC(=O)Nc1ccc(OC(F)(F)F)cc1)OC(C)C(=O)N2. The van der Waals surface area contributed by atoms with Crippen LogP contribution in [0.1, 0.15) is 12.5 Å². The van der Waals surface area contributed by atoms with Crippen LogP contribution in [0.4, 0.5) is 24.5 Å². The fourth-order valence-corrected chi connectivity index (χ4v) is 4.36. The maximum atomic E-state index is 13.0. The fourth-order valence-electron chi connectivity index (χ4n) is 3.02. The van der Waals surface area contributed by atoms with E-state index in [1.54, 1.807) is 0 Å². The van der Waals surface area contributed by atoms with Crippen LogP contribution in [-0.2, 0) is 19.6 Å². The van der Waals surface area contributed by atoms with Crippen molar-refractivity contribution in [3.8, 4) is 11.5 Å². The highest BCUT2D eigenvalue weighted by Crippen LogP contribution is 2.35. The highest BCUT2D eigenvalue weighted by atomic mass is 32.2. The van der Waals surface area contributed by atoms with E-state index < -0.39 is 40.7 Å². The van der Waals surface area contributed by atoms with Gasteiger partial charge in [0.1, 0.15) is 11.5 Å². The van der Waals surface area contributed by atoms with E-state index in [1.807, 2.05) is 0 Å². The first-order chi connectivity index (χ1) is 15.3. The molecular formula is C20H20F3N3O6S. The number of alkyl halides is 3. The summed E-state index contributed by atoms with van der Waals surface area (Å²) in [4.78, 5) is 24.0. The van der Waals surface area contributed by atoms with Gasteiger partial charge in [-0.1, -0.05) is 0 Å². The number of rotatable bonds is 6. The molecule has 33 heavy (non-hydrogen) atoms. The molecule has 1 atom stereocenters. The van der Waals surface area contributed by atoms with Gasteiger partial charge >= 0.3 is 6.36 Å². The third kappa shape index (κ3) is 5.73. The largest absolute Gasteiger partial charge is 0.573 e. The average molecular weight is 487 g/mol. The summed E-state index contributed by atoms with van der Waals surface area (Å²) in [6.07, 6.45) is -5.64. The quantitative estimate of drug-likeness (QED) is 0.648. The molecule has 0 radical (unpaired) electrons. The Hall–Kier alpha value is -3.32. The van der Waals surface area contributed by atoms with E-state index >= 15 is 0 Å². The second-order valence-electron chi connectivity index (χ2n) is 7.24. The summed E-state index contributed by atoms with van der Waals surface area (Å²) in [6, 6.07) is 7.15. The molecule has 1 aliphatic rings. The Morgan fingerprint density at radius 3 is 2.48 bits per heavy atom. The maximum Gasteiger partial charge on any atom is 0.573 e. The lowest BCUT2D eigenvalue weighted by molar-refractivity contribution is -0.274. The summed E-state index contributed by atoms with van der Waals surface area (Å²) < 4.78 is 72.8. The molecule has 0 bridgehead atoms. The number of amides is 2. The molecule has 9 nitrogen and oxygen atoms in total. The van der Waals surface area contributed by atoms with Crippen molar-refractivity contribution in [2.75, 3.05) is 24.2 Å². The first kappa shape index (κ1) is 24.3. The van der Waals surface area contributed by atoms with Crippen molar-refractivity contribution in [1.29, 1.82) is 0 Å². The van der Waals surface area contributed by atoms with Gasteiger partial charge in [-0.05, 0) is 49.7 Å². The topological polar surface area (TPSA) is 114 Å². The second kappa shape index (κ2) is 8.90. The molecule has 1 aliphatic heterocycles. The lowest BCUT2D eigenvalue weighted by Gasteiger charge is -2.25. The van der Waals surface area contributed by atoms with Crippen molar-refractivity contribution >= 4 is 33.2 Å². The standard InChI is InChI=1S/C20H20F3N3O6S/c1-11-8-15-16(31-12(2)19(28)25-15)9-17(11)33(29,30)26(3)10-18(27)24-13-4-6-14(7-5-13)32-20(21,22)23/h4-9,12H,10H2,1-3H3,(H,24,27)(H,25,28). The first-order valence-electron chi connectivity index (χ1n) is 9.50. The lowest BCUT2D eigenvalue weighted by Crippen LogP contribution is -2.36. The fraction of sp³-hybridized carbons (Fsp3) is 0.300. The van der Waals surface area contributed by atoms with Gasteiger partial charge in [-0.3, -0.25) is 9.59 Å². The number of ether oxygens (including phenoxy) is 2. The Morgan fingerprint density at radius 2 is 1.88 bits per heavy atom.